The van der Waals surface area contributed by atoms with Crippen LogP contribution in [0.1, 0.15) is 12.8 Å². The molecule has 2 fully saturated rings. The number of piperidine rings is 1. The van der Waals surface area contributed by atoms with E-state index < -0.39 is 0 Å². The number of amides is 1. The Labute approximate surface area is 100 Å². The summed E-state index contributed by atoms with van der Waals surface area (Å²) < 4.78 is 0. The summed E-state index contributed by atoms with van der Waals surface area (Å²) in [6.07, 6.45) is 5.37. The Bertz CT molecular complexity index is 425. The molecule has 2 aliphatic heterocycles. The average Bonchev–Trinajstić information content (AvgIpc) is 2.40. The minimum atomic E-state index is -0.0694. The molecule has 1 amide bonds. The molecule has 0 unspecified atom stereocenters. The average molecular weight is 232 g/mol. The van der Waals surface area contributed by atoms with Crippen molar-refractivity contribution in [2.75, 3.05) is 31.6 Å². The van der Waals surface area contributed by atoms with E-state index >= 15 is 0 Å². The summed E-state index contributed by atoms with van der Waals surface area (Å²) in [7, 11) is 1.88. The zero-order valence-corrected chi connectivity index (χ0v) is 9.96. The van der Waals surface area contributed by atoms with Crippen LogP contribution in [0, 0.1) is 5.41 Å². The topological polar surface area (TPSA) is 49.3 Å². The van der Waals surface area contributed by atoms with Crippen LogP contribution in [-0.4, -0.2) is 47.5 Å². The van der Waals surface area contributed by atoms with Gasteiger partial charge in [0.15, 0.2) is 0 Å². The van der Waals surface area contributed by atoms with Crippen molar-refractivity contribution >= 4 is 11.9 Å². The highest BCUT2D eigenvalue weighted by molar-refractivity contribution is 5.88. The van der Waals surface area contributed by atoms with Crippen LogP contribution in [0.2, 0.25) is 0 Å². The molecule has 0 bridgehead atoms. The Morgan fingerprint density at radius 2 is 1.88 bits per heavy atom. The molecule has 3 rings (SSSR count). The molecule has 1 spiro atoms. The number of rotatable bonds is 1. The molecule has 1 aromatic rings. The number of aromatic nitrogens is 2. The maximum atomic E-state index is 11.9. The fourth-order valence-electron chi connectivity index (χ4n) is 2.87. The summed E-state index contributed by atoms with van der Waals surface area (Å²) in [6, 6.07) is 1.82. The zero-order chi connectivity index (χ0) is 11.9. The monoisotopic (exact) mass is 232 g/mol. The summed E-state index contributed by atoms with van der Waals surface area (Å²) in [6.45, 7) is 2.67. The van der Waals surface area contributed by atoms with Gasteiger partial charge in [-0.3, -0.25) is 4.79 Å². The van der Waals surface area contributed by atoms with Crippen molar-refractivity contribution in [2.45, 2.75) is 12.8 Å². The van der Waals surface area contributed by atoms with E-state index in [4.69, 9.17) is 0 Å². The summed E-state index contributed by atoms with van der Waals surface area (Å²) in [5.41, 5.74) is -0.0694. The summed E-state index contributed by atoms with van der Waals surface area (Å²) in [5, 5.41) is 0. The van der Waals surface area contributed by atoms with Crippen molar-refractivity contribution < 1.29 is 4.79 Å². The van der Waals surface area contributed by atoms with Gasteiger partial charge in [-0.15, -0.1) is 0 Å². The molecule has 0 atom stereocenters. The van der Waals surface area contributed by atoms with Crippen molar-refractivity contribution in [3.05, 3.63) is 18.5 Å². The second-order valence-electron chi connectivity index (χ2n) is 4.98. The third-order valence-electron chi connectivity index (χ3n) is 3.90. The molecule has 0 N–H and O–H groups in total. The third-order valence-corrected chi connectivity index (χ3v) is 3.90. The highest BCUT2D eigenvalue weighted by Gasteiger charge is 2.51. The Balaban J connectivity index is 1.67. The first-order valence-electron chi connectivity index (χ1n) is 5.99. The smallest absolute Gasteiger partial charge is 0.230 e. The molecule has 3 heterocycles. The maximum Gasteiger partial charge on any atom is 0.230 e. The molecular formula is C12H16N4O. The standard InChI is InChI=1S/C12H16N4O/c1-15-9-12(10(15)17)3-7-16(8-4-12)11-13-5-2-6-14-11/h2,5-6H,3-4,7-9H2,1H3. The predicted molar refractivity (Wildman–Crippen MR) is 63.5 cm³/mol. The van der Waals surface area contributed by atoms with Gasteiger partial charge in [0.1, 0.15) is 0 Å². The van der Waals surface area contributed by atoms with Gasteiger partial charge in [0, 0.05) is 39.1 Å². The van der Waals surface area contributed by atoms with E-state index in [1.54, 1.807) is 12.4 Å². The predicted octanol–water partition coefficient (Wildman–Crippen LogP) is 0.535. The molecule has 1 aromatic heterocycles. The molecule has 5 heteroatoms. The number of anilines is 1. The third kappa shape index (κ3) is 1.57. The first-order chi connectivity index (χ1) is 8.21. The summed E-state index contributed by atoms with van der Waals surface area (Å²) >= 11 is 0. The first kappa shape index (κ1) is 10.5. The lowest BCUT2D eigenvalue weighted by atomic mass is 9.71. The number of carbonyl (C=O) groups excluding carboxylic acids is 1. The highest BCUT2D eigenvalue weighted by Crippen LogP contribution is 2.41. The van der Waals surface area contributed by atoms with Gasteiger partial charge < -0.3 is 9.80 Å². The lowest BCUT2D eigenvalue weighted by molar-refractivity contribution is -0.159. The fourth-order valence-corrected chi connectivity index (χ4v) is 2.87. The summed E-state index contributed by atoms with van der Waals surface area (Å²) in [4.78, 5) is 24.3. The molecule has 0 aliphatic carbocycles. The van der Waals surface area contributed by atoms with Crippen molar-refractivity contribution in [2.24, 2.45) is 5.41 Å². The van der Waals surface area contributed by atoms with Gasteiger partial charge in [-0.2, -0.15) is 0 Å². The molecular weight excluding hydrogens is 216 g/mol. The van der Waals surface area contributed by atoms with E-state index in [9.17, 15) is 4.79 Å². The van der Waals surface area contributed by atoms with E-state index in [-0.39, 0.29) is 5.41 Å². The highest BCUT2D eigenvalue weighted by atomic mass is 16.2. The van der Waals surface area contributed by atoms with Gasteiger partial charge in [-0.05, 0) is 18.9 Å². The van der Waals surface area contributed by atoms with Gasteiger partial charge in [0.05, 0.1) is 5.41 Å². The van der Waals surface area contributed by atoms with Gasteiger partial charge in [-0.25, -0.2) is 9.97 Å². The lowest BCUT2D eigenvalue weighted by Gasteiger charge is -2.51. The number of carbonyl (C=O) groups is 1. The van der Waals surface area contributed by atoms with Crippen molar-refractivity contribution in [1.29, 1.82) is 0 Å². The van der Waals surface area contributed by atoms with Crippen molar-refractivity contribution in [3.63, 3.8) is 0 Å². The molecule has 90 valence electrons. The normalized spacial score (nSPS) is 22.8. The number of β-lactam (4-membered cyclic amide) rings is 1. The van der Waals surface area contributed by atoms with E-state index in [0.29, 0.717) is 5.91 Å². The molecule has 5 nitrogen and oxygen atoms in total. The van der Waals surface area contributed by atoms with Crippen LogP contribution in [0.4, 0.5) is 5.95 Å². The molecule has 0 aromatic carbocycles. The molecule has 17 heavy (non-hydrogen) atoms. The second-order valence-corrected chi connectivity index (χ2v) is 4.98. The Kier molecular flexibility index (Phi) is 2.28. The molecule has 0 radical (unpaired) electrons. The molecule has 0 saturated carbocycles. The van der Waals surface area contributed by atoms with Crippen LogP contribution in [0.25, 0.3) is 0 Å². The van der Waals surface area contributed by atoms with Gasteiger partial charge in [0.2, 0.25) is 11.9 Å². The van der Waals surface area contributed by atoms with Crippen molar-refractivity contribution in [1.82, 2.24) is 14.9 Å². The number of nitrogens with zero attached hydrogens (tertiary/aromatic N) is 4. The minimum Gasteiger partial charge on any atom is -0.344 e. The number of hydrogen-bond acceptors (Lipinski definition) is 4. The van der Waals surface area contributed by atoms with E-state index in [1.165, 1.54) is 0 Å². The lowest BCUT2D eigenvalue weighted by Crippen LogP contribution is -2.63. The van der Waals surface area contributed by atoms with Gasteiger partial charge in [0.25, 0.3) is 0 Å². The van der Waals surface area contributed by atoms with E-state index in [2.05, 4.69) is 14.9 Å². The second kappa shape index (κ2) is 3.68. The zero-order valence-electron chi connectivity index (χ0n) is 9.96. The van der Waals surface area contributed by atoms with Gasteiger partial charge in [-0.1, -0.05) is 0 Å². The number of hydrogen-bond donors (Lipinski definition) is 0. The maximum absolute atomic E-state index is 11.9. The van der Waals surface area contributed by atoms with Crippen LogP contribution >= 0.6 is 0 Å². The summed E-state index contributed by atoms with van der Waals surface area (Å²) in [5.74, 6) is 1.09. The van der Waals surface area contributed by atoms with Crippen LogP contribution in [0.15, 0.2) is 18.5 Å². The van der Waals surface area contributed by atoms with E-state index in [0.717, 1.165) is 38.4 Å². The molecule has 2 saturated heterocycles. The Hall–Kier alpha value is -1.65. The number of likely N-dealkylation sites (tertiary alicyclic amines) is 1. The van der Waals surface area contributed by atoms with Crippen LogP contribution in [0.5, 0.6) is 0 Å². The largest absolute Gasteiger partial charge is 0.344 e. The van der Waals surface area contributed by atoms with Crippen LogP contribution in [-0.2, 0) is 4.79 Å². The fraction of sp³-hybridized carbons (Fsp3) is 0.583. The molecule has 2 aliphatic rings. The van der Waals surface area contributed by atoms with Crippen LogP contribution < -0.4 is 4.90 Å². The van der Waals surface area contributed by atoms with E-state index in [1.807, 2.05) is 18.0 Å². The van der Waals surface area contributed by atoms with Gasteiger partial charge >= 0.3 is 0 Å². The SMILES string of the molecule is CN1CC2(CCN(c3ncccn3)CC2)C1=O. The quantitative estimate of drug-likeness (QED) is 0.663. The van der Waals surface area contributed by atoms with Crippen LogP contribution in [0.3, 0.4) is 0 Å². The van der Waals surface area contributed by atoms with Crippen molar-refractivity contribution in [3.8, 4) is 0 Å². The Morgan fingerprint density at radius 3 is 2.41 bits per heavy atom. The Morgan fingerprint density at radius 1 is 1.24 bits per heavy atom. The minimum absolute atomic E-state index is 0.0694. The first-order valence-corrected chi connectivity index (χ1v) is 5.99.